The molecule has 0 saturated carbocycles. The lowest BCUT2D eigenvalue weighted by Gasteiger charge is -2.02. The lowest BCUT2D eigenvalue weighted by Crippen LogP contribution is -1.98. The van der Waals surface area contributed by atoms with Crippen LogP contribution in [-0.2, 0) is 0 Å². The number of hydrogen-bond donors (Lipinski definition) is 0. The third-order valence-corrected chi connectivity index (χ3v) is 1.99. The molecule has 0 fully saturated rings. The number of rotatable bonds is 1. The number of aromatic nitrogens is 3. The van der Waals surface area contributed by atoms with Crippen molar-refractivity contribution in [3.05, 3.63) is 40.8 Å². The van der Waals surface area contributed by atoms with Gasteiger partial charge in [-0.3, -0.25) is 0 Å². The number of hydrogen-bond acceptors (Lipinski definition) is 2. The summed E-state index contributed by atoms with van der Waals surface area (Å²) in [7, 11) is 0. The van der Waals surface area contributed by atoms with Gasteiger partial charge in [-0.05, 0) is 12.1 Å². The van der Waals surface area contributed by atoms with Crippen LogP contribution in [0.5, 0.6) is 0 Å². The van der Waals surface area contributed by atoms with Crippen molar-refractivity contribution in [3.8, 4) is 5.82 Å². The Morgan fingerprint density at radius 3 is 2.77 bits per heavy atom. The van der Waals surface area contributed by atoms with Crippen LogP contribution in [0.15, 0.2) is 30.7 Å². The highest BCUT2D eigenvalue weighted by Gasteiger charge is 2.04. The molecule has 0 aliphatic carbocycles. The second-order valence-electron chi connectivity index (χ2n) is 2.41. The molecule has 3 nitrogen and oxygen atoms in total. The van der Waals surface area contributed by atoms with Gasteiger partial charge in [0.15, 0.2) is 5.82 Å². The van der Waals surface area contributed by atoms with Gasteiger partial charge in [-0.2, -0.15) is 5.10 Å². The average molecular weight is 214 g/mol. The predicted octanol–water partition coefficient (Wildman–Crippen LogP) is 2.57. The maximum atomic E-state index is 5.91. The van der Waals surface area contributed by atoms with Crippen molar-refractivity contribution in [1.82, 2.24) is 14.8 Å². The second kappa shape index (κ2) is 3.36. The van der Waals surface area contributed by atoms with E-state index in [1.54, 1.807) is 29.2 Å². The summed E-state index contributed by atoms with van der Waals surface area (Å²) < 4.78 is 1.58. The summed E-state index contributed by atoms with van der Waals surface area (Å²) >= 11 is 11.6. The third kappa shape index (κ3) is 1.66. The molecular weight excluding hydrogens is 209 g/mol. The first kappa shape index (κ1) is 8.53. The minimum absolute atomic E-state index is 0.483. The van der Waals surface area contributed by atoms with Crippen molar-refractivity contribution in [3.63, 3.8) is 0 Å². The molecule has 0 aliphatic rings. The second-order valence-corrected chi connectivity index (χ2v) is 3.25. The van der Waals surface area contributed by atoms with Crippen LogP contribution >= 0.6 is 23.2 Å². The van der Waals surface area contributed by atoms with Gasteiger partial charge in [0.25, 0.3) is 0 Å². The van der Waals surface area contributed by atoms with E-state index >= 15 is 0 Å². The summed E-state index contributed by atoms with van der Waals surface area (Å²) in [6.45, 7) is 0. The van der Waals surface area contributed by atoms with E-state index in [1.165, 1.54) is 6.20 Å². The van der Waals surface area contributed by atoms with Crippen LogP contribution in [0.3, 0.4) is 0 Å². The number of pyridine rings is 1. The summed E-state index contributed by atoms with van der Waals surface area (Å²) in [5.41, 5.74) is 0. The first-order valence-corrected chi connectivity index (χ1v) is 4.34. The number of halogens is 2. The molecule has 0 saturated heterocycles. The molecule has 0 N–H and O–H groups in total. The van der Waals surface area contributed by atoms with E-state index < -0.39 is 0 Å². The maximum absolute atomic E-state index is 5.91. The predicted molar refractivity (Wildman–Crippen MR) is 51.4 cm³/mol. The Kier molecular flexibility index (Phi) is 2.20. The standard InChI is InChI=1S/C8H5Cl2N3/c9-6-4-7(10)8(11-5-6)13-3-1-2-12-13/h1-5H. The van der Waals surface area contributed by atoms with Crippen molar-refractivity contribution in [2.45, 2.75) is 0 Å². The van der Waals surface area contributed by atoms with Gasteiger partial charge in [0.05, 0.1) is 10.0 Å². The molecule has 0 radical (unpaired) electrons. The van der Waals surface area contributed by atoms with E-state index in [0.29, 0.717) is 15.9 Å². The highest BCUT2D eigenvalue weighted by molar-refractivity contribution is 6.35. The first-order chi connectivity index (χ1) is 6.27. The smallest absolute Gasteiger partial charge is 0.172 e. The van der Waals surface area contributed by atoms with Crippen molar-refractivity contribution in [2.24, 2.45) is 0 Å². The first-order valence-electron chi connectivity index (χ1n) is 3.58. The summed E-state index contributed by atoms with van der Waals surface area (Å²) in [5, 5.41) is 5.00. The van der Waals surface area contributed by atoms with Crippen LogP contribution < -0.4 is 0 Å². The molecular formula is C8H5Cl2N3. The molecule has 5 heteroatoms. The molecule has 0 unspecified atom stereocenters. The van der Waals surface area contributed by atoms with Crippen LogP contribution in [0, 0.1) is 0 Å². The van der Waals surface area contributed by atoms with Crippen molar-refractivity contribution in [2.75, 3.05) is 0 Å². The van der Waals surface area contributed by atoms with Gasteiger partial charge in [0.2, 0.25) is 0 Å². The van der Waals surface area contributed by atoms with Gasteiger partial charge in [0, 0.05) is 18.6 Å². The molecule has 2 aromatic rings. The quantitative estimate of drug-likeness (QED) is 0.730. The van der Waals surface area contributed by atoms with Crippen LogP contribution in [0.2, 0.25) is 10.0 Å². The molecule has 13 heavy (non-hydrogen) atoms. The highest BCUT2D eigenvalue weighted by Crippen LogP contribution is 2.20. The van der Waals surface area contributed by atoms with Crippen LogP contribution in [0.1, 0.15) is 0 Å². The molecule has 0 bridgehead atoms. The molecule has 66 valence electrons. The molecule has 2 heterocycles. The van der Waals surface area contributed by atoms with Crippen molar-refractivity contribution in [1.29, 1.82) is 0 Å². The van der Waals surface area contributed by atoms with Crippen molar-refractivity contribution < 1.29 is 0 Å². The van der Waals surface area contributed by atoms with E-state index in [0.717, 1.165) is 0 Å². The fourth-order valence-electron chi connectivity index (χ4n) is 0.970. The highest BCUT2D eigenvalue weighted by atomic mass is 35.5. The van der Waals surface area contributed by atoms with Gasteiger partial charge >= 0.3 is 0 Å². The monoisotopic (exact) mass is 213 g/mol. The van der Waals surface area contributed by atoms with Crippen LogP contribution in [0.4, 0.5) is 0 Å². The van der Waals surface area contributed by atoms with Gasteiger partial charge in [-0.15, -0.1) is 0 Å². The maximum Gasteiger partial charge on any atom is 0.172 e. The Morgan fingerprint density at radius 2 is 2.15 bits per heavy atom. The van der Waals surface area contributed by atoms with Crippen molar-refractivity contribution >= 4 is 23.2 Å². The molecule has 0 aromatic carbocycles. The van der Waals surface area contributed by atoms with E-state index in [4.69, 9.17) is 23.2 Å². The Bertz CT molecular complexity index is 411. The molecule has 2 aromatic heterocycles. The fourth-order valence-corrected chi connectivity index (χ4v) is 1.44. The van der Waals surface area contributed by atoms with E-state index in [9.17, 15) is 0 Å². The Morgan fingerprint density at radius 1 is 1.31 bits per heavy atom. The molecule has 0 amide bonds. The fraction of sp³-hybridized carbons (Fsp3) is 0. The molecule has 0 aliphatic heterocycles. The Hall–Kier alpha value is -1.06. The summed E-state index contributed by atoms with van der Waals surface area (Å²) in [6.07, 6.45) is 4.96. The van der Waals surface area contributed by atoms with Crippen LogP contribution in [-0.4, -0.2) is 14.8 Å². The molecule has 2 rings (SSSR count). The summed E-state index contributed by atoms with van der Waals surface area (Å²) in [5.74, 6) is 0.580. The zero-order valence-electron chi connectivity index (χ0n) is 6.48. The summed E-state index contributed by atoms with van der Waals surface area (Å²) in [4.78, 5) is 4.06. The van der Waals surface area contributed by atoms with E-state index in [1.807, 2.05) is 0 Å². The topological polar surface area (TPSA) is 30.7 Å². The minimum Gasteiger partial charge on any atom is -0.234 e. The Balaban J connectivity index is 2.53. The van der Waals surface area contributed by atoms with Crippen LogP contribution in [0.25, 0.3) is 5.82 Å². The van der Waals surface area contributed by atoms with Gasteiger partial charge < -0.3 is 0 Å². The van der Waals surface area contributed by atoms with Gasteiger partial charge in [0.1, 0.15) is 0 Å². The number of nitrogens with zero attached hydrogens (tertiary/aromatic N) is 3. The average Bonchev–Trinajstić information content (AvgIpc) is 2.56. The lowest BCUT2D eigenvalue weighted by atomic mass is 10.4. The Labute approximate surface area is 84.9 Å². The summed E-state index contributed by atoms with van der Waals surface area (Å²) in [6, 6.07) is 3.43. The minimum atomic E-state index is 0.483. The zero-order chi connectivity index (χ0) is 9.26. The molecule has 0 atom stereocenters. The van der Waals surface area contributed by atoms with E-state index in [2.05, 4.69) is 10.1 Å². The lowest BCUT2D eigenvalue weighted by molar-refractivity contribution is 0.847. The molecule has 0 spiro atoms. The van der Waals surface area contributed by atoms with Gasteiger partial charge in [-0.1, -0.05) is 23.2 Å². The zero-order valence-corrected chi connectivity index (χ0v) is 8.00. The largest absolute Gasteiger partial charge is 0.234 e. The SMILES string of the molecule is Clc1cnc(-n2cccn2)c(Cl)c1. The van der Waals surface area contributed by atoms with E-state index in [-0.39, 0.29) is 0 Å². The van der Waals surface area contributed by atoms with Gasteiger partial charge in [-0.25, -0.2) is 9.67 Å². The third-order valence-electron chi connectivity index (χ3n) is 1.51. The normalized spacial score (nSPS) is 10.3.